The third-order valence-corrected chi connectivity index (χ3v) is 6.38. The molecule has 0 atom stereocenters. The van der Waals surface area contributed by atoms with Gasteiger partial charge in [0.05, 0.1) is 16.8 Å². The molecular formula is C25H19ClN2OS. The number of nitrogens with zero attached hydrogens (tertiary/aromatic N) is 2. The number of amides is 1. The summed E-state index contributed by atoms with van der Waals surface area (Å²) in [4.78, 5) is 17.8. The Labute approximate surface area is 184 Å². The molecule has 1 heterocycles. The van der Waals surface area contributed by atoms with E-state index in [1.165, 1.54) is 16.9 Å². The number of rotatable bonds is 4. The van der Waals surface area contributed by atoms with Crippen molar-refractivity contribution < 1.29 is 4.79 Å². The van der Waals surface area contributed by atoms with Gasteiger partial charge in [-0.15, -0.1) is 6.42 Å². The molecule has 148 valence electrons. The molecule has 1 amide bonds. The highest BCUT2D eigenvalue weighted by Crippen LogP contribution is 2.27. The van der Waals surface area contributed by atoms with E-state index in [1.807, 2.05) is 66.1 Å². The van der Waals surface area contributed by atoms with E-state index in [0.717, 1.165) is 27.8 Å². The Kier molecular flexibility index (Phi) is 5.85. The van der Waals surface area contributed by atoms with Crippen LogP contribution in [0.2, 0.25) is 5.02 Å². The molecule has 0 aliphatic carbocycles. The predicted molar refractivity (Wildman–Crippen MR) is 124 cm³/mol. The monoisotopic (exact) mass is 430 g/mol. The number of thiazole rings is 1. The van der Waals surface area contributed by atoms with Crippen molar-refractivity contribution in [2.24, 2.45) is 4.99 Å². The summed E-state index contributed by atoms with van der Waals surface area (Å²) in [7, 11) is 0. The second kappa shape index (κ2) is 8.71. The van der Waals surface area contributed by atoms with Crippen molar-refractivity contribution in [3.63, 3.8) is 0 Å². The molecule has 0 aliphatic rings. The van der Waals surface area contributed by atoms with Crippen LogP contribution < -0.4 is 4.80 Å². The van der Waals surface area contributed by atoms with E-state index in [4.69, 9.17) is 18.0 Å². The van der Waals surface area contributed by atoms with Crippen molar-refractivity contribution in [3.05, 3.63) is 98.8 Å². The summed E-state index contributed by atoms with van der Waals surface area (Å²) in [5, 5.41) is 0.665. The Morgan fingerprint density at radius 1 is 1.07 bits per heavy atom. The van der Waals surface area contributed by atoms with Crippen LogP contribution in [0.1, 0.15) is 27.0 Å². The Hall–Kier alpha value is -3.13. The first-order chi connectivity index (χ1) is 14.6. The highest BCUT2D eigenvalue weighted by atomic mass is 35.5. The molecule has 0 bridgehead atoms. The maximum absolute atomic E-state index is 12.8. The van der Waals surface area contributed by atoms with Crippen LogP contribution in [-0.4, -0.2) is 10.5 Å². The van der Waals surface area contributed by atoms with Crippen molar-refractivity contribution >= 4 is 39.1 Å². The summed E-state index contributed by atoms with van der Waals surface area (Å²) in [5.74, 6) is 2.36. The van der Waals surface area contributed by atoms with Crippen LogP contribution in [0.25, 0.3) is 10.2 Å². The molecule has 3 nitrogen and oxygen atoms in total. The molecule has 0 spiro atoms. The van der Waals surface area contributed by atoms with Crippen molar-refractivity contribution in [1.82, 2.24) is 4.57 Å². The summed E-state index contributed by atoms with van der Waals surface area (Å²) >= 11 is 7.72. The van der Waals surface area contributed by atoms with Crippen molar-refractivity contribution in [2.75, 3.05) is 0 Å². The van der Waals surface area contributed by atoms with Gasteiger partial charge in [0.2, 0.25) is 0 Å². The van der Waals surface area contributed by atoms with Crippen LogP contribution in [0.15, 0.2) is 71.7 Å². The molecule has 0 saturated carbocycles. The number of carbonyl (C=O) groups is 1. The standard InChI is InChI=1S/C25H19ClN2OS/c1-3-15-28-23-17(2)21(26)13-14-22(23)30-25(28)27-24(29)20-11-9-19(10-12-20)16-18-7-5-4-6-8-18/h1,4-14H,15-16H2,2H3. The summed E-state index contributed by atoms with van der Waals surface area (Å²) in [6, 6.07) is 21.6. The zero-order valence-corrected chi connectivity index (χ0v) is 18.0. The number of aryl methyl sites for hydroxylation is 1. The third-order valence-electron chi connectivity index (χ3n) is 4.93. The summed E-state index contributed by atoms with van der Waals surface area (Å²) in [5.41, 5.74) is 4.78. The first kappa shape index (κ1) is 20.2. The molecular weight excluding hydrogens is 412 g/mol. The Balaban J connectivity index is 1.67. The van der Waals surface area contributed by atoms with Crippen molar-refractivity contribution in [3.8, 4) is 12.3 Å². The lowest BCUT2D eigenvalue weighted by Crippen LogP contribution is -2.17. The molecule has 1 aromatic heterocycles. The van der Waals surface area contributed by atoms with Crippen molar-refractivity contribution in [2.45, 2.75) is 19.9 Å². The van der Waals surface area contributed by atoms with Crippen LogP contribution in [0.5, 0.6) is 0 Å². The smallest absolute Gasteiger partial charge is 0.279 e. The number of hydrogen-bond acceptors (Lipinski definition) is 2. The zero-order chi connectivity index (χ0) is 21.1. The minimum absolute atomic E-state index is 0.290. The van der Waals surface area contributed by atoms with Crippen LogP contribution in [0.3, 0.4) is 0 Å². The fourth-order valence-electron chi connectivity index (χ4n) is 3.39. The normalized spacial score (nSPS) is 11.6. The van der Waals surface area contributed by atoms with E-state index in [-0.39, 0.29) is 5.91 Å². The van der Waals surface area contributed by atoms with Gasteiger partial charge >= 0.3 is 0 Å². The van der Waals surface area contributed by atoms with E-state index >= 15 is 0 Å². The minimum atomic E-state index is -0.290. The second-order valence-corrected chi connectivity index (χ2v) is 8.39. The molecule has 0 fully saturated rings. The molecule has 4 aromatic rings. The Morgan fingerprint density at radius 3 is 2.47 bits per heavy atom. The van der Waals surface area contributed by atoms with E-state index in [9.17, 15) is 4.79 Å². The van der Waals surface area contributed by atoms with Gasteiger partial charge in [-0.2, -0.15) is 4.99 Å². The molecule has 0 N–H and O–H groups in total. The average molecular weight is 431 g/mol. The molecule has 3 aromatic carbocycles. The van der Waals surface area contributed by atoms with Gasteiger partial charge in [-0.05, 0) is 54.3 Å². The molecule has 5 heteroatoms. The number of halogens is 1. The lowest BCUT2D eigenvalue weighted by molar-refractivity contribution is 0.0998. The van der Waals surface area contributed by atoms with Crippen LogP contribution in [-0.2, 0) is 13.0 Å². The van der Waals surface area contributed by atoms with Gasteiger partial charge in [0.15, 0.2) is 4.80 Å². The van der Waals surface area contributed by atoms with Gasteiger partial charge < -0.3 is 4.57 Å². The topological polar surface area (TPSA) is 34.4 Å². The van der Waals surface area contributed by atoms with E-state index in [0.29, 0.717) is 21.9 Å². The number of carbonyl (C=O) groups excluding carboxylic acids is 1. The second-order valence-electron chi connectivity index (χ2n) is 6.97. The van der Waals surface area contributed by atoms with Gasteiger partial charge in [-0.1, -0.05) is 71.3 Å². The van der Waals surface area contributed by atoms with Gasteiger partial charge in [-0.25, -0.2) is 0 Å². The summed E-state index contributed by atoms with van der Waals surface area (Å²) in [6.45, 7) is 2.27. The molecule has 0 aliphatic heterocycles. The Bertz CT molecular complexity index is 1330. The predicted octanol–water partition coefficient (Wildman–Crippen LogP) is 5.63. The highest BCUT2D eigenvalue weighted by Gasteiger charge is 2.12. The highest BCUT2D eigenvalue weighted by molar-refractivity contribution is 7.16. The maximum Gasteiger partial charge on any atom is 0.279 e. The SMILES string of the molecule is C#CCn1c(=NC(=O)c2ccc(Cc3ccccc3)cc2)sc2ccc(Cl)c(C)c21. The third kappa shape index (κ3) is 4.09. The zero-order valence-electron chi connectivity index (χ0n) is 16.4. The van der Waals surface area contributed by atoms with Crippen LogP contribution in [0.4, 0.5) is 0 Å². The molecule has 0 unspecified atom stereocenters. The van der Waals surface area contributed by atoms with E-state index < -0.39 is 0 Å². The van der Waals surface area contributed by atoms with Crippen LogP contribution >= 0.6 is 22.9 Å². The lowest BCUT2D eigenvalue weighted by atomic mass is 10.0. The quantitative estimate of drug-likeness (QED) is 0.386. The van der Waals surface area contributed by atoms with Gasteiger partial charge in [0.1, 0.15) is 0 Å². The van der Waals surface area contributed by atoms with E-state index in [1.54, 1.807) is 0 Å². The molecule has 0 saturated heterocycles. The van der Waals surface area contributed by atoms with Gasteiger partial charge in [0.25, 0.3) is 5.91 Å². The first-order valence-electron chi connectivity index (χ1n) is 9.50. The summed E-state index contributed by atoms with van der Waals surface area (Å²) in [6.07, 6.45) is 6.39. The number of benzene rings is 3. The lowest BCUT2D eigenvalue weighted by Gasteiger charge is -2.05. The van der Waals surface area contributed by atoms with Crippen molar-refractivity contribution in [1.29, 1.82) is 0 Å². The van der Waals surface area contributed by atoms with E-state index in [2.05, 4.69) is 23.0 Å². The fraction of sp³-hybridized carbons (Fsp3) is 0.120. The average Bonchev–Trinajstić information content (AvgIpc) is 3.10. The fourth-order valence-corrected chi connectivity index (χ4v) is 4.63. The van der Waals surface area contributed by atoms with Gasteiger partial charge in [0, 0.05) is 10.6 Å². The number of hydrogen-bond donors (Lipinski definition) is 0. The number of fused-ring (bicyclic) bond motifs is 1. The molecule has 0 radical (unpaired) electrons. The minimum Gasteiger partial charge on any atom is -0.304 e. The molecule has 4 rings (SSSR count). The van der Waals surface area contributed by atoms with Gasteiger partial charge in [-0.3, -0.25) is 4.79 Å². The number of terminal acetylenes is 1. The molecule has 30 heavy (non-hydrogen) atoms. The number of aromatic nitrogens is 1. The maximum atomic E-state index is 12.8. The first-order valence-corrected chi connectivity index (χ1v) is 10.7. The Morgan fingerprint density at radius 2 is 1.77 bits per heavy atom. The largest absolute Gasteiger partial charge is 0.304 e. The van der Waals surface area contributed by atoms with Crippen LogP contribution in [0, 0.1) is 19.3 Å². The summed E-state index contributed by atoms with van der Waals surface area (Å²) < 4.78 is 2.88.